The van der Waals surface area contributed by atoms with Crippen molar-refractivity contribution in [3.05, 3.63) is 11.8 Å². The molecule has 2 aliphatic rings. The highest BCUT2D eigenvalue weighted by Crippen LogP contribution is 2.42. The predicted octanol–water partition coefficient (Wildman–Crippen LogP) is 4.56. The zero-order chi connectivity index (χ0) is 9.97. The number of rotatable bonds is 1. The van der Waals surface area contributed by atoms with E-state index in [0.717, 1.165) is 11.8 Å². The minimum absolute atomic E-state index is 0.996. The molecule has 0 atom stereocenters. The van der Waals surface area contributed by atoms with E-state index in [9.17, 15) is 0 Å². The summed E-state index contributed by atoms with van der Waals surface area (Å²) in [5, 5.41) is 0. The van der Waals surface area contributed by atoms with Gasteiger partial charge in [0, 0.05) is 0 Å². The van der Waals surface area contributed by atoms with E-state index in [1.165, 1.54) is 51.4 Å². The van der Waals surface area contributed by atoms with Crippen LogP contribution in [0.25, 0.3) is 0 Å². The van der Waals surface area contributed by atoms with Gasteiger partial charge in [-0.25, -0.2) is 0 Å². The second kappa shape index (κ2) is 4.68. The van der Waals surface area contributed by atoms with Gasteiger partial charge in [0.15, 0.2) is 0 Å². The first kappa shape index (κ1) is 10.5. The fraction of sp³-hybridized carbons (Fsp3) is 0.857. The third-order valence-corrected chi connectivity index (χ3v) is 4.33. The Balaban J connectivity index is 1.78. The van der Waals surface area contributed by atoms with Gasteiger partial charge in [-0.15, -0.1) is 0 Å². The van der Waals surface area contributed by atoms with Crippen LogP contribution in [0.4, 0.5) is 0 Å². The first-order chi connectivity index (χ1) is 6.75. The molecule has 0 bridgehead atoms. The summed E-state index contributed by atoms with van der Waals surface area (Å²) in [6.07, 6.45) is 11.6. The summed E-state index contributed by atoms with van der Waals surface area (Å²) in [6, 6.07) is 0. The van der Waals surface area contributed by atoms with Crippen molar-refractivity contribution in [2.45, 2.75) is 65.2 Å². The largest absolute Gasteiger partial charge is 0.0625 e. The molecule has 2 fully saturated rings. The van der Waals surface area contributed by atoms with Crippen LogP contribution in [-0.4, -0.2) is 0 Å². The monoisotopic (exact) mass is 192 g/mol. The molecule has 0 nitrogen and oxygen atoms in total. The van der Waals surface area contributed by atoms with Gasteiger partial charge in [-0.05, 0) is 62.2 Å². The first-order valence-electron chi connectivity index (χ1n) is 6.41. The third kappa shape index (κ3) is 2.52. The van der Waals surface area contributed by atoms with Crippen LogP contribution in [-0.2, 0) is 0 Å². The van der Waals surface area contributed by atoms with Gasteiger partial charge in [-0.2, -0.15) is 0 Å². The van der Waals surface area contributed by atoms with Gasteiger partial charge >= 0.3 is 0 Å². The van der Waals surface area contributed by atoms with E-state index in [0.29, 0.717) is 0 Å². The maximum Gasteiger partial charge on any atom is -0.0210 e. The zero-order valence-corrected chi connectivity index (χ0v) is 9.81. The highest BCUT2D eigenvalue weighted by atomic mass is 14.3. The van der Waals surface area contributed by atoms with E-state index in [1.54, 1.807) is 5.92 Å². The third-order valence-electron chi connectivity index (χ3n) is 4.33. The van der Waals surface area contributed by atoms with Crippen molar-refractivity contribution in [3.8, 4) is 0 Å². The summed E-state index contributed by atoms with van der Waals surface area (Å²) in [5.74, 6) is 5.67. The van der Waals surface area contributed by atoms with Gasteiger partial charge in [0.05, 0.1) is 0 Å². The van der Waals surface area contributed by atoms with Crippen molar-refractivity contribution < 1.29 is 0 Å². The minimum Gasteiger partial charge on any atom is -0.0625 e. The molecule has 0 amide bonds. The van der Waals surface area contributed by atoms with E-state index in [4.69, 9.17) is 0 Å². The lowest BCUT2D eigenvalue weighted by atomic mass is 9.70. The van der Waals surface area contributed by atoms with Crippen LogP contribution in [0, 0.1) is 23.7 Å². The topological polar surface area (TPSA) is 0 Å². The standard InChI is InChI=1S/C14H24/c1-11-3-7-13(8-4-11)14-9-5-12(2)6-10-14/h11,14H,3-10H2,1-2H3. The summed E-state index contributed by atoms with van der Waals surface area (Å²) >= 11 is 0. The Labute approximate surface area is 89.5 Å². The molecule has 80 valence electrons. The Morgan fingerprint density at radius 2 is 1.43 bits per heavy atom. The van der Waals surface area contributed by atoms with E-state index in [-0.39, 0.29) is 0 Å². The fourth-order valence-corrected chi connectivity index (χ4v) is 3.06. The Morgan fingerprint density at radius 3 is 2.00 bits per heavy atom. The number of hydrogen-bond donors (Lipinski definition) is 0. The Bertz CT molecular complexity index is 137. The van der Waals surface area contributed by atoms with Crippen LogP contribution in [0.5, 0.6) is 0 Å². The molecule has 0 heteroatoms. The SMILES string of the molecule is C[C]1CCC([C]2CCC(C)CC2)CC1. The molecule has 0 aromatic carbocycles. The average Bonchev–Trinajstić information content (AvgIpc) is 2.21. The van der Waals surface area contributed by atoms with Crippen LogP contribution in [0.15, 0.2) is 0 Å². The van der Waals surface area contributed by atoms with Crippen molar-refractivity contribution in [2.24, 2.45) is 11.8 Å². The molecule has 0 aliphatic heterocycles. The van der Waals surface area contributed by atoms with Gasteiger partial charge in [0.2, 0.25) is 0 Å². The molecule has 0 aromatic rings. The normalized spacial score (nSPS) is 29.6. The van der Waals surface area contributed by atoms with E-state index in [1.807, 2.05) is 5.92 Å². The molecular formula is C14H24. The highest BCUT2D eigenvalue weighted by molar-refractivity contribution is 5.04. The molecular weight excluding hydrogens is 168 g/mol. The molecule has 0 aromatic heterocycles. The molecule has 0 heterocycles. The zero-order valence-electron chi connectivity index (χ0n) is 9.81. The summed E-state index contributed by atoms with van der Waals surface area (Å²) in [7, 11) is 0. The van der Waals surface area contributed by atoms with Crippen molar-refractivity contribution in [3.63, 3.8) is 0 Å². The molecule has 0 N–H and O–H groups in total. The van der Waals surface area contributed by atoms with Gasteiger partial charge < -0.3 is 0 Å². The Hall–Kier alpha value is 0. The molecule has 14 heavy (non-hydrogen) atoms. The van der Waals surface area contributed by atoms with Gasteiger partial charge in [0.25, 0.3) is 0 Å². The van der Waals surface area contributed by atoms with Gasteiger partial charge in [-0.1, -0.05) is 26.7 Å². The second-order valence-electron chi connectivity index (χ2n) is 5.57. The lowest BCUT2D eigenvalue weighted by Crippen LogP contribution is -2.22. The summed E-state index contributed by atoms with van der Waals surface area (Å²) in [6.45, 7) is 4.75. The van der Waals surface area contributed by atoms with Crippen LogP contribution in [0.1, 0.15) is 65.2 Å². The van der Waals surface area contributed by atoms with E-state index >= 15 is 0 Å². The Morgan fingerprint density at radius 1 is 0.857 bits per heavy atom. The lowest BCUT2D eigenvalue weighted by molar-refractivity contribution is 0.305. The van der Waals surface area contributed by atoms with Gasteiger partial charge in [0.1, 0.15) is 0 Å². The highest BCUT2D eigenvalue weighted by Gasteiger charge is 2.29. The molecule has 0 spiro atoms. The van der Waals surface area contributed by atoms with Gasteiger partial charge in [-0.3, -0.25) is 0 Å². The smallest absolute Gasteiger partial charge is 0.0210 e. The summed E-state index contributed by atoms with van der Waals surface area (Å²) < 4.78 is 0. The summed E-state index contributed by atoms with van der Waals surface area (Å²) in [4.78, 5) is 0. The van der Waals surface area contributed by atoms with Crippen molar-refractivity contribution in [2.75, 3.05) is 0 Å². The maximum atomic E-state index is 2.41. The molecule has 2 aliphatic carbocycles. The van der Waals surface area contributed by atoms with Crippen molar-refractivity contribution in [1.29, 1.82) is 0 Å². The molecule has 2 radical (unpaired) electrons. The van der Waals surface area contributed by atoms with Crippen LogP contribution >= 0.6 is 0 Å². The van der Waals surface area contributed by atoms with E-state index in [2.05, 4.69) is 13.8 Å². The van der Waals surface area contributed by atoms with Crippen molar-refractivity contribution >= 4 is 0 Å². The van der Waals surface area contributed by atoms with Crippen molar-refractivity contribution in [1.82, 2.24) is 0 Å². The fourth-order valence-electron chi connectivity index (χ4n) is 3.06. The Kier molecular flexibility index (Phi) is 3.52. The lowest BCUT2D eigenvalue weighted by Gasteiger charge is -2.35. The minimum atomic E-state index is 0.996. The van der Waals surface area contributed by atoms with Crippen LogP contribution < -0.4 is 0 Å². The van der Waals surface area contributed by atoms with Crippen LogP contribution in [0.2, 0.25) is 0 Å². The second-order valence-corrected chi connectivity index (χ2v) is 5.57. The maximum absolute atomic E-state index is 2.41. The molecule has 2 saturated carbocycles. The van der Waals surface area contributed by atoms with E-state index < -0.39 is 0 Å². The summed E-state index contributed by atoms with van der Waals surface area (Å²) in [5.41, 5.74) is 0. The number of hydrogen-bond acceptors (Lipinski definition) is 0. The molecule has 0 unspecified atom stereocenters. The quantitative estimate of drug-likeness (QED) is 0.571. The molecule has 0 saturated heterocycles. The predicted molar refractivity (Wildman–Crippen MR) is 61.8 cm³/mol. The van der Waals surface area contributed by atoms with Crippen LogP contribution in [0.3, 0.4) is 0 Å². The molecule has 2 rings (SSSR count). The first-order valence-corrected chi connectivity index (χ1v) is 6.41. The average molecular weight is 192 g/mol.